The third kappa shape index (κ3) is 3.77. The average Bonchev–Trinajstić information content (AvgIpc) is 2.74. The van der Waals surface area contributed by atoms with Crippen LogP contribution in [0.5, 0.6) is 0 Å². The fourth-order valence-electron chi connectivity index (χ4n) is 3.62. The summed E-state index contributed by atoms with van der Waals surface area (Å²) in [6.07, 6.45) is 0. The van der Waals surface area contributed by atoms with E-state index in [0.29, 0.717) is 0 Å². The average molecular weight is 363 g/mol. The molecule has 0 aliphatic rings. The summed E-state index contributed by atoms with van der Waals surface area (Å²) in [5, 5.41) is 0. The van der Waals surface area contributed by atoms with Gasteiger partial charge < -0.3 is 0 Å². The first-order valence-corrected chi connectivity index (χ1v) is 9.88. The summed E-state index contributed by atoms with van der Waals surface area (Å²) in [6.45, 7) is 6.80. The van der Waals surface area contributed by atoms with Crippen LogP contribution in [-0.4, -0.2) is 0 Å². The molecule has 0 N–H and O–H groups in total. The summed E-state index contributed by atoms with van der Waals surface area (Å²) in [5.41, 5.74) is 9.04. The van der Waals surface area contributed by atoms with Gasteiger partial charge in [-0.1, -0.05) is 118 Å². The van der Waals surface area contributed by atoms with Crippen LogP contribution in [0.15, 0.2) is 103 Å². The van der Waals surface area contributed by atoms with E-state index >= 15 is 0 Å². The molecule has 4 aromatic carbocycles. The highest BCUT2D eigenvalue weighted by atomic mass is 14.2. The van der Waals surface area contributed by atoms with Gasteiger partial charge in [0.1, 0.15) is 0 Å². The number of rotatable bonds is 3. The fraction of sp³-hybridized carbons (Fsp3) is 0.143. The molecule has 0 unspecified atom stereocenters. The minimum absolute atomic E-state index is 0.132. The van der Waals surface area contributed by atoms with E-state index in [4.69, 9.17) is 0 Å². The maximum atomic E-state index is 2.34. The van der Waals surface area contributed by atoms with Crippen molar-refractivity contribution < 1.29 is 0 Å². The first-order chi connectivity index (χ1) is 13.5. The van der Waals surface area contributed by atoms with E-state index in [9.17, 15) is 0 Å². The van der Waals surface area contributed by atoms with Crippen LogP contribution in [0.2, 0.25) is 0 Å². The van der Waals surface area contributed by atoms with Crippen LogP contribution in [0.4, 0.5) is 0 Å². The molecule has 28 heavy (non-hydrogen) atoms. The lowest BCUT2D eigenvalue weighted by atomic mass is 9.84. The number of benzene rings is 4. The Labute approximate surface area is 168 Å². The van der Waals surface area contributed by atoms with E-state index < -0.39 is 0 Å². The Morgan fingerprint density at radius 1 is 0.429 bits per heavy atom. The van der Waals surface area contributed by atoms with Crippen LogP contribution in [-0.2, 0) is 5.41 Å². The maximum Gasteiger partial charge on any atom is -0.00992 e. The molecule has 4 rings (SSSR count). The fourth-order valence-corrected chi connectivity index (χ4v) is 3.62. The quantitative estimate of drug-likeness (QED) is 0.346. The molecule has 0 radical (unpaired) electrons. The van der Waals surface area contributed by atoms with Crippen molar-refractivity contribution in [2.75, 3.05) is 0 Å². The Morgan fingerprint density at radius 3 is 1.68 bits per heavy atom. The standard InChI is InChI=1S/C28H26/c1-28(2,3)25-16-10-15-24(19-25)26-18-17-23(21-11-6-4-7-12-21)20-27(26)22-13-8-5-9-14-22/h4-20H,1-3H3. The maximum absolute atomic E-state index is 2.34. The molecule has 0 aromatic heterocycles. The van der Waals surface area contributed by atoms with E-state index in [1.54, 1.807) is 0 Å². The molecule has 0 bridgehead atoms. The summed E-state index contributed by atoms with van der Waals surface area (Å²) in [7, 11) is 0. The van der Waals surface area contributed by atoms with Gasteiger partial charge in [-0.15, -0.1) is 0 Å². The molecule has 0 heterocycles. The van der Waals surface area contributed by atoms with Crippen LogP contribution >= 0.6 is 0 Å². The van der Waals surface area contributed by atoms with Gasteiger partial charge >= 0.3 is 0 Å². The highest BCUT2D eigenvalue weighted by Gasteiger charge is 2.16. The van der Waals surface area contributed by atoms with Crippen LogP contribution < -0.4 is 0 Å². The minimum Gasteiger partial charge on any atom is -0.0622 e. The second kappa shape index (κ2) is 7.48. The van der Waals surface area contributed by atoms with Gasteiger partial charge in [-0.25, -0.2) is 0 Å². The van der Waals surface area contributed by atoms with Gasteiger partial charge in [-0.05, 0) is 50.4 Å². The monoisotopic (exact) mass is 362 g/mol. The second-order valence-electron chi connectivity index (χ2n) is 8.32. The molecule has 0 nitrogen and oxygen atoms in total. The van der Waals surface area contributed by atoms with Crippen molar-refractivity contribution in [2.24, 2.45) is 0 Å². The molecule has 0 saturated carbocycles. The van der Waals surface area contributed by atoms with Crippen LogP contribution in [0.1, 0.15) is 26.3 Å². The van der Waals surface area contributed by atoms with E-state index in [0.717, 1.165) is 0 Å². The van der Waals surface area contributed by atoms with Gasteiger partial charge in [0.2, 0.25) is 0 Å². The smallest absolute Gasteiger partial charge is 0.00992 e. The van der Waals surface area contributed by atoms with E-state index in [2.05, 4.69) is 124 Å². The summed E-state index contributed by atoms with van der Waals surface area (Å²) in [5.74, 6) is 0. The lowest BCUT2D eigenvalue weighted by molar-refractivity contribution is 0.590. The largest absolute Gasteiger partial charge is 0.0622 e. The van der Waals surface area contributed by atoms with Gasteiger partial charge in [0, 0.05) is 0 Å². The van der Waals surface area contributed by atoms with E-state index in [-0.39, 0.29) is 5.41 Å². The van der Waals surface area contributed by atoms with Crippen molar-refractivity contribution in [3.63, 3.8) is 0 Å². The Bertz CT molecular complexity index is 1070. The van der Waals surface area contributed by atoms with Crippen LogP contribution in [0.3, 0.4) is 0 Å². The molecule has 0 spiro atoms. The molecular weight excluding hydrogens is 336 g/mol. The number of hydrogen-bond acceptors (Lipinski definition) is 0. The van der Waals surface area contributed by atoms with Gasteiger partial charge in [-0.3, -0.25) is 0 Å². The van der Waals surface area contributed by atoms with Gasteiger partial charge in [0.15, 0.2) is 0 Å². The van der Waals surface area contributed by atoms with Crippen molar-refractivity contribution in [1.82, 2.24) is 0 Å². The Kier molecular flexibility index (Phi) is 4.88. The molecule has 0 amide bonds. The van der Waals surface area contributed by atoms with Gasteiger partial charge in [0.05, 0.1) is 0 Å². The summed E-state index contributed by atoms with van der Waals surface area (Å²) in [6, 6.07) is 37.1. The Balaban J connectivity index is 1.90. The number of hydrogen-bond donors (Lipinski definition) is 0. The normalized spacial score (nSPS) is 11.4. The highest BCUT2D eigenvalue weighted by Crippen LogP contribution is 2.37. The molecule has 0 aliphatic carbocycles. The molecule has 0 atom stereocenters. The second-order valence-corrected chi connectivity index (χ2v) is 8.32. The Morgan fingerprint density at radius 2 is 1.04 bits per heavy atom. The molecular formula is C28H26. The van der Waals surface area contributed by atoms with E-state index in [1.165, 1.54) is 38.9 Å². The molecule has 0 heteroatoms. The molecule has 138 valence electrons. The lowest BCUT2D eigenvalue weighted by Crippen LogP contribution is -2.10. The third-order valence-corrected chi connectivity index (χ3v) is 5.25. The zero-order valence-electron chi connectivity index (χ0n) is 16.8. The van der Waals surface area contributed by atoms with Gasteiger partial charge in [-0.2, -0.15) is 0 Å². The van der Waals surface area contributed by atoms with Crippen molar-refractivity contribution in [1.29, 1.82) is 0 Å². The van der Waals surface area contributed by atoms with Crippen LogP contribution in [0, 0.1) is 0 Å². The molecule has 0 saturated heterocycles. The first-order valence-electron chi connectivity index (χ1n) is 9.88. The highest BCUT2D eigenvalue weighted by molar-refractivity contribution is 5.87. The molecule has 0 fully saturated rings. The van der Waals surface area contributed by atoms with E-state index in [1.807, 2.05) is 0 Å². The Hall–Kier alpha value is -3.12. The topological polar surface area (TPSA) is 0 Å². The summed E-state index contributed by atoms with van der Waals surface area (Å²) in [4.78, 5) is 0. The minimum atomic E-state index is 0.132. The van der Waals surface area contributed by atoms with Crippen molar-refractivity contribution >= 4 is 0 Å². The predicted octanol–water partition coefficient (Wildman–Crippen LogP) is 7.99. The SMILES string of the molecule is CC(C)(C)c1cccc(-c2ccc(-c3ccccc3)cc2-c2ccccc2)c1. The molecule has 4 aromatic rings. The molecule has 0 aliphatic heterocycles. The zero-order chi connectivity index (χ0) is 19.6. The first kappa shape index (κ1) is 18.3. The zero-order valence-corrected chi connectivity index (χ0v) is 16.8. The van der Waals surface area contributed by atoms with Gasteiger partial charge in [0.25, 0.3) is 0 Å². The van der Waals surface area contributed by atoms with Crippen molar-refractivity contribution in [2.45, 2.75) is 26.2 Å². The van der Waals surface area contributed by atoms with Crippen molar-refractivity contribution in [3.05, 3.63) is 109 Å². The lowest BCUT2D eigenvalue weighted by Gasteiger charge is -2.21. The summed E-state index contributed by atoms with van der Waals surface area (Å²) < 4.78 is 0. The third-order valence-electron chi connectivity index (χ3n) is 5.25. The predicted molar refractivity (Wildman–Crippen MR) is 121 cm³/mol. The van der Waals surface area contributed by atoms with Crippen LogP contribution in [0.25, 0.3) is 33.4 Å². The van der Waals surface area contributed by atoms with Crippen molar-refractivity contribution in [3.8, 4) is 33.4 Å². The summed E-state index contributed by atoms with van der Waals surface area (Å²) >= 11 is 0.